The monoisotopic (exact) mass is 235 g/mol. The molecular formula is C15H13N3. The van der Waals surface area contributed by atoms with Crippen molar-refractivity contribution in [1.82, 2.24) is 15.0 Å². The number of fused-ring (bicyclic) bond motifs is 1. The van der Waals surface area contributed by atoms with Gasteiger partial charge in [-0.15, -0.1) is 10.8 Å². The third-order valence-electron chi connectivity index (χ3n) is 3.00. The highest BCUT2D eigenvalue weighted by Gasteiger charge is 2.12. The minimum atomic E-state index is 0.908. The molecule has 0 spiro atoms. The first-order valence-electron chi connectivity index (χ1n) is 5.97. The number of allylic oxidation sites excluding steroid dienone is 5. The molecule has 0 atom stereocenters. The van der Waals surface area contributed by atoms with Gasteiger partial charge >= 0.3 is 0 Å². The van der Waals surface area contributed by atoms with Crippen LogP contribution in [-0.2, 0) is 0 Å². The van der Waals surface area contributed by atoms with E-state index in [9.17, 15) is 0 Å². The molecule has 2 aromatic rings. The topological polar surface area (TPSA) is 30.7 Å². The SMILES string of the molecule is C=C=CC1=CCCC=C1n1nnc2ccccc21. The summed E-state index contributed by atoms with van der Waals surface area (Å²) in [6.45, 7) is 3.64. The molecule has 0 amide bonds. The fraction of sp³-hybridized carbons (Fsp3) is 0.133. The third kappa shape index (κ3) is 1.71. The van der Waals surface area contributed by atoms with Crippen LogP contribution in [0.2, 0.25) is 0 Å². The molecule has 0 radical (unpaired) electrons. The molecule has 1 aromatic carbocycles. The molecule has 1 aliphatic carbocycles. The third-order valence-corrected chi connectivity index (χ3v) is 3.00. The van der Waals surface area contributed by atoms with E-state index in [0.29, 0.717) is 0 Å². The summed E-state index contributed by atoms with van der Waals surface area (Å²) in [5.41, 5.74) is 6.93. The lowest BCUT2D eigenvalue weighted by molar-refractivity contribution is 0.829. The van der Waals surface area contributed by atoms with Crippen molar-refractivity contribution in [3.63, 3.8) is 0 Å². The van der Waals surface area contributed by atoms with Crippen molar-refractivity contribution in [2.24, 2.45) is 0 Å². The normalized spacial score (nSPS) is 14.9. The van der Waals surface area contributed by atoms with Crippen LogP contribution in [0.1, 0.15) is 12.8 Å². The summed E-state index contributed by atoms with van der Waals surface area (Å²) in [5.74, 6) is 0. The highest BCUT2D eigenvalue weighted by molar-refractivity contribution is 5.82. The van der Waals surface area contributed by atoms with Gasteiger partial charge in [-0.2, -0.15) is 0 Å². The summed E-state index contributed by atoms with van der Waals surface area (Å²) in [4.78, 5) is 0. The molecule has 18 heavy (non-hydrogen) atoms. The summed E-state index contributed by atoms with van der Waals surface area (Å²) >= 11 is 0. The van der Waals surface area contributed by atoms with Gasteiger partial charge in [0.1, 0.15) is 5.52 Å². The molecule has 0 N–H and O–H groups in total. The van der Waals surface area contributed by atoms with Crippen molar-refractivity contribution >= 4 is 16.7 Å². The number of nitrogens with zero attached hydrogens (tertiary/aromatic N) is 3. The van der Waals surface area contributed by atoms with Crippen LogP contribution in [-0.4, -0.2) is 15.0 Å². The van der Waals surface area contributed by atoms with Crippen LogP contribution in [0.15, 0.2) is 60.4 Å². The van der Waals surface area contributed by atoms with E-state index in [0.717, 1.165) is 35.1 Å². The summed E-state index contributed by atoms with van der Waals surface area (Å²) < 4.78 is 1.88. The zero-order valence-corrected chi connectivity index (χ0v) is 10.0. The van der Waals surface area contributed by atoms with E-state index in [4.69, 9.17) is 0 Å². The highest BCUT2D eigenvalue weighted by Crippen LogP contribution is 2.26. The predicted octanol–water partition coefficient (Wildman–Crippen LogP) is 3.33. The Morgan fingerprint density at radius 2 is 2.06 bits per heavy atom. The Bertz CT molecular complexity index is 697. The molecule has 1 aromatic heterocycles. The van der Waals surface area contributed by atoms with Gasteiger partial charge in [0.15, 0.2) is 0 Å². The Morgan fingerprint density at radius 3 is 2.94 bits per heavy atom. The molecule has 0 unspecified atom stereocenters. The maximum Gasteiger partial charge on any atom is 0.113 e. The number of aromatic nitrogens is 3. The van der Waals surface area contributed by atoms with E-state index in [-0.39, 0.29) is 0 Å². The predicted molar refractivity (Wildman–Crippen MR) is 72.8 cm³/mol. The smallest absolute Gasteiger partial charge is 0.113 e. The van der Waals surface area contributed by atoms with Crippen LogP contribution in [0.5, 0.6) is 0 Å². The van der Waals surface area contributed by atoms with E-state index in [2.05, 4.69) is 34.8 Å². The number of hydrogen-bond donors (Lipinski definition) is 0. The molecule has 0 bridgehead atoms. The quantitative estimate of drug-likeness (QED) is 0.747. The van der Waals surface area contributed by atoms with E-state index in [1.165, 1.54) is 0 Å². The first-order chi connectivity index (χ1) is 8.90. The summed E-state index contributed by atoms with van der Waals surface area (Å²) in [6.07, 6.45) is 8.33. The standard InChI is InChI=1S/C15H13N3/c1-2-7-12-8-3-5-10-14(12)18-15-11-6-4-9-13(15)16-17-18/h4,6-11H,1,3,5H2. The number of para-hydroxylation sites is 1. The minimum Gasteiger partial charge on any atom is -0.213 e. The Labute approximate surface area is 105 Å². The van der Waals surface area contributed by atoms with Gasteiger partial charge in [-0.3, -0.25) is 0 Å². The number of hydrogen-bond acceptors (Lipinski definition) is 2. The van der Waals surface area contributed by atoms with Gasteiger partial charge in [-0.1, -0.05) is 36.1 Å². The molecule has 0 saturated heterocycles. The molecule has 3 heteroatoms. The Hall–Kier alpha value is -2.38. The molecule has 0 aliphatic heterocycles. The van der Waals surface area contributed by atoms with Gasteiger partial charge in [0.05, 0.1) is 11.2 Å². The van der Waals surface area contributed by atoms with Crippen LogP contribution >= 0.6 is 0 Å². The fourth-order valence-corrected chi connectivity index (χ4v) is 2.18. The van der Waals surface area contributed by atoms with Gasteiger partial charge in [0, 0.05) is 5.57 Å². The van der Waals surface area contributed by atoms with Crippen molar-refractivity contribution in [1.29, 1.82) is 0 Å². The first-order valence-corrected chi connectivity index (χ1v) is 5.97. The lowest BCUT2D eigenvalue weighted by atomic mass is 10.0. The first kappa shape index (κ1) is 10.8. The van der Waals surface area contributed by atoms with Gasteiger partial charge in [0.2, 0.25) is 0 Å². The van der Waals surface area contributed by atoms with Crippen molar-refractivity contribution in [3.05, 3.63) is 60.4 Å². The average Bonchev–Trinajstić information content (AvgIpc) is 2.84. The second-order valence-corrected chi connectivity index (χ2v) is 4.16. The minimum absolute atomic E-state index is 0.908. The second kappa shape index (κ2) is 4.47. The van der Waals surface area contributed by atoms with E-state index in [1.54, 1.807) is 0 Å². The van der Waals surface area contributed by atoms with Gasteiger partial charge in [-0.05, 0) is 31.1 Å². The molecule has 0 fully saturated rings. The van der Waals surface area contributed by atoms with Crippen LogP contribution in [0.25, 0.3) is 16.7 Å². The molecule has 1 heterocycles. The summed E-state index contributed by atoms with van der Waals surface area (Å²) in [5, 5.41) is 8.42. The van der Waals surface area contributed by atoms with E-state index < -0.39 is 0 Å². The van der Waals surface area contributed by atoms with Crippen molar-refractivity contribution in [2.75, 3.05) is 0 Å². The van der Waals surface area contributed by atoms with Gasteiger partial charge in [-0.25, -0.2) is 4.68 Å². The molecule has 1 aliphatic rings. The van der Waals surface area contributed by atoms with Crippen LogP contribution in [0, 0.1) is 0 Å². The van der Waals surface area contributed by atoms with Crippen molar-refractivity contribution in [2.45, 2.75) is 12.8 Å². The number of rotatable bonds is 2. The lowest BCUT2D eigenvalue weighted by Gasteiger charge is -2.13. The maximum atomic E-state index is 4.24. The lowest BCUT2D eigenvalue weighted by Crippen LogP contribution is -2.04. The Kier molecular flexibility index (Phi) is 2.67. The van der Waals surface area contributed by atoms with Crippen molar-refractivity contribution < 1.29 is 0 Å². The number of benzene rings is 1. The summed E-state index contributed by atoms with van der Waals surface area (Å²) in [7, 11) is 0. The molecule has 3 rings (SSSR count). The van der Waals surface area contributed by atoms with Gasteiger partial charge < -0.3 is 0 Å². The largest absolute Gasteiger partial charge is 0.213 e. The zero-order valence-electron chi connectivity index (χ0n) is 10.0. The van der Waals surface area contributed by atoms with Gasteiger partial charge in [0.25, 0.3) is 0 Å². The maximum absolute atomic E-state index is 4.24. The van der Waals surface area contributed by atoms with E-state index >= 15 is 0 Å². The summed E-state index contributed by atoms with van der Waals surface area (Å²) in [6, 6.07) is 7.96. The second-order valence-electron chi connectivity index (χ2n) is 4.16. The van der Waals surface area contributed by atoms with E-state index in [1.807, 2.05) is 35.0 Å². The van der Waals surface area contributed by atoms with Crippen molar-refractivity contribution in [3.8, 4) is 0 Å². The molecular weight excluding hydrogens is 222 g/mol. The highest BCUT2D eigenvalue weighted by atomic mass is 15.4. The zero-order chi connectivity index (χ0) is 12.4. The van der Waals surface area contributed by atoms with Crippen LogP contribution in [0.4, 0.5) is 0 Å². The van der Waals surface area contributed by atoms with Crippen LogP contribution < -0.4 is 0 Å². The Morgan fingerprint density at radius 1 is 1.22 bits per heavy atom. The average molecular weight is 235 g/mol. The molecule has 88 valence electrons. The van der Waals surface area contributed by atoms with Crippen LogP contribution in [0.3, 0.4) is 0 Å². The Balaban J connectivity index is 2.17. The molecule has 0 saturated carbocycles. The fourth-order valence-electron chi connectivity index (χ4n) is 2.18. The molecule has 3 nitrogen and oxygen atoms in total.